The highest BCUT2D eigenvalue weighted by atomic mass is 79.9. The second kappa shape index (κ2) is 6.22. The van der Waals surface area contributed by atoms with Crippen molar-refractivity contribution in [2.75, 3.05) is 10.6 Å². The number of hydrogen-bond acceptors (Lipinski definition) is 3. The van der Waals surface area contributed by atoms with Crippen LogP contribution in [0.4, 0.5) is 17.1 Å². The van der Waals surface area contributed by atoms with Gasteiger partial charge in [-0.15, -0.1) is 0 Å². The Morgan fingerprint density at radius 1 is 1.10 bits per heavy atom. The Kier molecular flexibility index (Phi) is 4.38. The van der Waals surface area contributed by atoms with E-state index in [0.717, 1.165) is 21.5 Å². The van der Waals surface area contributed by atoms with Crippen LogP contribution in [0.25, 0.3) is 0 Å². The molecule has 0 bridgehead atoms. The molecule has 1 amide bonds. The zero-order chi connectivity index (χ0) is 14.5. The van der Waals surface area contributed by atoms with Crippen LogP contribution in [0.3, 0.4) is 0 Å². The van der Waals surface area contributed by atoms with E-state index in [2.05, 4.69) is 32.6 Å². The van der Waals surface area contributed by atoms with Crippen molar-refractivity contribution in [2.24, 2.45) is 0 Å². The van der Waals surface area contributed by atoms with Gasteiger partial charge in [0, 0.05) is 28.5 Å². The number of hydrogen-bond donors (Lipinski definition) is 2. The average molecular weight is 330 g/mol. The molecule has 0 saturated carbocycles. The van der Waals surface area contributed by atoms with Crippen LogP contribution in [0.15, 0.2) is 46.9 Å². The molecule has 2 rings (SSSR count). The lowest BCUT2D eigenvalue weighted by atomic mass is 10.2. The van der Waals surface area contributed by atoms with Crippen LogP contribution >= 0.6 is 15.9 Å². The number of nitrogens with one attached hydrogen (secondary N) is 2. The summed E-state index contributed by atoms with van der Waals surface area (Å²) in [4.78, 5) is 10.9. The Morgan fingerprint density at radius 3 is 2.25 bits per heavy atom. The number of carbonyl (C=O) groups is 1. The highest BCUT2D eigenvalue weighted by Gasteiger charge is 2.01. The molecule has 0 radical (unpaired) electrons. The van der Waals surface area contributed by atoms with Gasteiger partial charge in [0.05, 0.1) is 5.56 Å². The summed E-state index contributed by atoms with van der Waals surface area (Å²) in [6.45, 7) is 1.47. The third-order valence-corrected chi connectivity index (χ3v) is 3.24. The molecule has 0 atom stereocenters. The van der Waals surface area contributed by atoms with E-state index >= 15 is 0 Å². The summed E-state index contributed by atoms with van der Waals surface area (Å²) in [5.41, 5.74) is 3.12. The minimum absolute atomic E-state index is 0.0956. The number of anilines is 3. The van der Waals surface area contributed by atoms with Gasteiger partial charge in [-0.3, -0.25) is 4.79 Å². The van der Waals surface area contributed by atoms with Gasteiger partial charge in [0.25, 0.3) is 0 Å². The van der Waals surface area contributed by atoms with Crippen LogP contribution < -0.4 is 10.6 Å². The highest BCUT2D eigenvalue weighted by Crippen LogP contribution is 2.24. The largest absolute Gasteiger partial charge is 0.355 e. The summed E-state index contributed by atoms with van der Waals surface area (Å²) in [5, 5.41) is 14.8. The minimum atomic E-state index is -0.0956. The molecule has 0 aliphatic carbocycles. The standard InChI is InChI=1S/C15H12BrN3O/c1-10(20)18-12-4-6-13(7-5-12)19-14-3-2-11(9-17)15(16)8-14/h2-8,19H,1H3,(H,18,20). The van der Waals surface area contributed by atoms with Gasteiger partial charge in [0.1, 0.15) is 6.07 Å². The second-order valence-electron chi connectivity index (χ2n) is 4.19. The van der Waals surface area contributed by atoms with Crippen molar-refractivity contribution in [2.45, 2.75) is 6.92 Å². The summed E-state index contributed by atoms with van der Waals surface area (Å²) >= 11 is 3.35. The van der Waals surface area contributed by atoms with Crippen LogP contribution in [0.5, 0.6) is 0 Å². The number of benzene rings is 2. The Hall–Kier alpha value is -2.32. The lowest BCUT2D eigenvalue weighted by Crippen LogP contribution is -2.05. The fourth-order valence-corrected chi connectivity index (χ4v) is 2.16. The van der Waals surface area contributed by atoms with Crippen molar-refractivity contribution in [1.29, 1.82) is 5.26 Å². The lowest BCUT2D eigenvalue weighted by molar-refractivity contribution is -0.114. The maximum absolute atomic E-state index is 10.9. The van der Waals surface area contributed by atoms with Crippen molar-refractivity contribution >= 4 is 38.9 Å². The monoisotopic (exact) mass is 329 g/mol. The summed E-state index contributed by atoms with van der Waals surface area (Å²) in [6, 6.07) is 14.9. The molecule has 0 heterocycles. The van der Waals surface area contributed by atoms with Gasteiger partial charge >= 0.3 is 0 Å². The van der Waals surface area contributed by atoms with E-state index in [0.29, 0.717) is 5.56 Å². The van der Waals surface area contributed by atoms with Gasteiger partial charge in [0.15, 0.2) is 0 Å². The summed E-state index contributed by atoms with van der Waals surface area (Å²) in [6.07, 6.45) is 0. The van der Waals surface area contributed by atoms with Crippen LogP contribution in [-0.2, 0) is 4.79 Å². The Balaban J connectivity index is 2.12. The quantitative estimate of drug-likeness (QED) is 0.893. The second-order valence-corrected chi connectivity index (χ2v) is 5.04. The maximum Gasteiger partial charge on any atom is 0.221 e. The minimum Gasteiger partial charge on any atom is -0.355 e. The zero-order valence-electron chi connectivity index (χ0n) is 10.8. The van der Waals surface area contributed by atoms with E-state index in [1.807, 2.05) is 36.4 Å². The molecule has 2 aromatic rings. The summed E-state index contributed by atoms with van der Waals surface area (Å²) in [7, 11) is 0. The van der Waals surface area contributed by atoms with E-state index in [-0.39, 0.29) is 5.91 Å². The zero-order valence-corrected chi connectivity index (χ0v) is 12.4. The van der Waals surface area contributed by atoms with Crippen molar-refractivity contribution < 1.29 is 4.79 Å². The molecule has 0 unspecified atom stereocenters. The Morgan fingerprint density at radius 2 is 1.70 bits per heavy atom. The molecule has 5 heteroatoms. The van der Waals surface area contributed by atoms with E-state index in [1.165, 1.54) is 6.92 Å². The van der Waals surface area contributed by atoms with Crippen molar-refractivity contribution in [1.82, 2.24) is 0 Å². The average Bonchev–Trinajstić information content (AvgIpc) is 2.41. The number of amides is 1. The van der Waals surface area contributed by atoms with Crippen molar-refractivity contribution in [3.63, 3.8) is 0 Å². The normalized spacial score (nSPS) is 9.65. The fourth-order valence-electron chi connectivity index (χ4n) is 1.69. The SMILES string of the molecule is CC(=O)Nc1ccc(Nc2ccc(C#N)c(Br)c2)cc1. The van der Waals surface area contributed by atoms with Crippen LogP contribution in [0, 0.1) is 11.3 Å². The van der Waals surface area contributed by atoms with Gasteiger partial charge in [-0.2, -0.15) is 5.26 Å². The Bertz CT molecular complexity index is 675. The first-order chi connectivity index (χ1) is 9.58. The number of halogens is 1. The van der Waals surface area contributed by atoms with Gasteiger partial charge < -0.3 is 10.6 Å². The summed E-state index contributed by atoms with van der Waals surface area (Å²) in [5.74, 6) is -0.0956. The first kappa shape index (κ1) is 14.1. The van der Waals surface area contributed by atoms with Crippen LogP contribution in [0.2, 0.25) is 0 Å². The van der Waals surface area contributed by atoms with Crippen LogP contribution in [-0.4, -0.2) is 5.91 Å². The molecule has 4 nitrogen and oxygen atoms in total. The fraction of sp³-hybridized carbons (Fsp3) is 0.0667. The maximum atomic E-state index is 10.9. The van der Waals surface area contributed by atoms with Crippen molar-refractivity contribution in [3.8, 4) is 6.07 Å². The predicted octanol–water partition coefficient (Wildman–Crippen LogP) is 4.02. The van der Waals surface area contributed by atoms with Gasteiger partial charge in [0.2, 0.25) is 5.91 Å². The third kappa shape index (κ3) is 3.59. The summed E-state index contributed by atoms with van der Waals surface area (Å²) < 4.78 is 0.750. The lowest BCUT2D eigenvalue weighted by Gasteiger charge is -2.08. The number of rotatable bonds is 3. The number of nitriles is 1. The van der Waals surface area contributed by atoms with Gasteiger partial charge in [-0.05, 0) is 58.4 Å². The molecule has 0 aliphatic rings. The van der Waals surface area contributed by atoms with E-state index in [1.54, 1.807) is 6.07 Å². The molecule has 0 aromatic heterocycles. The van der Waals surface area contributed by atoms with Crippen LogP contribution in [0.1, 0.15) is 12.5 Å². The Labute approximate surface area is 125 Å². The van der Waals surface area contributed by atoms with Gasteiger partial charge in [-0.25, -0.2) is 0 Å². The first-order valence-corrected chi connectivity index (χ1v) is 6.72. The van der Waals surface area contributed by atoms with Crippen molar-refractivity contribution in [3.05, 3.63) is 52.5 Å². The molecule has 100 valence electrons. The molecule has 0 aliphatic heterocycles. The highest BCUT2D eigenvalue weighted by molar-refractivity contribution is 9.10. The topological polar surface area (TPSA) is 64.9 Å². The first-order valence-electron chi connectivity index (χ1n) is 5.93. The molecule has 2 N–H and O–H groups in total. The van der Waals surface area contributed by atoms with E-state index < -0.39 is 0 Å². The number of carbonyl (C=O) groups excluding carboxylic acids is 1. The molecular weight excluding hydrogens is 318 g/mol. The molecular formula is C15H12BrN3O. The van der Waals surface area contributed by atoms with Gasteiger partial charge in [-0.1, -0.05) is 0 Å². The molecule has 0 fully saturated rings. The van der Waals surface area contributed by atoms with E-state index in [9.17, 15) is 4.79 Å². The molecule has 20 heavy (non-hydrogen) atoms. The molecule has 0 spiro atoms. The smallest absolute Gasteiger partial charge is 0.221 e. The molecule has 2 aromatic carbocycles. The number of nitrogens with zero attached hydrogens (tertiary/aromatic N) is 1. The molecule has 0 saturated heterocycles. The predicted molar refractivity (Wildman–Crippen MR) is 82.9 cm³/mol. The van der Waals surface area contributed by atoms with E-state index in [4.69, 9.17) is 5.26 Å². The third-order valence-electron chi connectivity index (χ3n) is 2.58.